The molecular weight excluding hydrogens is 270 g/mol. The summed E-state index contributed by atoms with van der Waals surface area (Å²) in [6.45, 7) is 2.67. The van der Waals surface area contributed by atoms with E-state index in [9.17, 15) is 9.59 Å². The molecule has 0 aromatic heterocycles. The van der Waals surface area contributed by atoms with Crippen LogP contribution in [0.25, 0.3) is 0 Å². The van der Waals surface area contributed by atoms with Crippen molar-refractivity contribution in [2.24, 2.45) is 0 Å². The molecule has 1 heterocycles. The first kappa shape index (κ1) is 15.5. The molecule has 0 bridgehead atoms. The molecule has 0 aliphatic carbocycles. The molecule has 1 amide bonds. The molecule has 1 aliphatic rings. The Kier molecular flexibility index (Phi) is 5.33. The molecule has 1 aliphatic heterocycles. The Morgan fingerprint density at radius 3 is 2.90 bits per heavy atom. The van der Waals surface area contributed by atoms with Crippen LogP contribution in [0.4, 0.5) is 5.69 Å². The third kappa shape index (κ3) is 4.29. The zero-order valence-electron chi connectivity index (χ0n) is 12.5. The minimum Gasteiger partial charge on any atom is -0.465 e. The average Bonchev–Trinajstić information content (AvgIpc) is 2.99. The minimum absolute atomic E-state index is 0.112. The second-order valence-corrected chi connectivity index (χ2v) is 5.26. The number of hydrogen-bond donors (Lipinski definition) is 1. The van der Waals surface area contributed by atoms with Gasteiger partial charge in [0.15, 0.2) is 0 Å². The van der Waals surface area contributed by atoms with E-state index in [2.05, 4.69) is 5.32 Å². The number of hydrogen-bond acceptors (Lipinski definition) is 4. The van der Waals surface area contributed by atoms with Gasteiger partial charge in [-0.1, -0.05) is 11.6 Å². The summed E-state index contributed by atoms with van der Waals surface area (Å²) in [7, 11) is 1.33. The molecule has 0 saturated carbocycles. The number of ether oxygens (including phenoxy) is 2. The second-order valence-electron chi connectivity index (χ2n) is 5.26. The van der Waals surface area contributed by atoms with Crippen LogP contribution in [-0.2, 0) is 14.3 Å². The minimum atomic E-state index is -0.451. The van der Waals surface area contributed by atoms with E-state index < -0.39 is 5.97 Å². The highest BCUT2D eigenvalue weighted by atomic mass is 16.5. The highest BCUT2D eigenvalue weighted by molar-refractivity contribution is 6.01. The van der Waals surface area contributed by atoms with Crippen molar-refractivity contribution in [1.29, 1.82) is 0 Å². The van der Waals surface area contributed by atoms with E-state index in [1.54, 1.807) is 12.1 Å². The monoisotopic (exact) mass is 291 g/mol. The Balaban J connectivity index is 1.97. The lowest BCUT2D eigenvalue weighted by Gasteiger charge is -2.12. The van der Waals surface area contributed by atoms with Crippen molar-refractivity contribution < 1.29 is 19.1 Å². The van der Waals surface area contributed by atoms with Gasteiger partial charge in [-0.05, 0) is 38.3 Å². The zero-order valence-corrected chi connectivity index (χ0v) is 12.5. The van der Waals surface area contributed by atoms with Gasteiger partial charge >= 0.3 is 5.97 Å². The predicted molar refractivity (Wildman–Crippen MR) is 79.4 cm³/mol. The lowest BCUT2D eigenvalue weighted by Crippen LogP contribution is -2.17. The van der Waals surface area contributed by atoms with Gasteiger partial charge in [0.2, 0.25) is 5.91 Å². The first-order valence-electron chi connectivity index (χ1n) is 7.20. The molecule has 1 fully saturated rings. The van der Waals surface area contributed by atoms with Crippen molar-refractivity contribution in [3.05, 3.63) is 29.3 Å². The van der Waals surface area contributed by atoms with Crippen LogP contribution in [0.15, 0.2) is 18.2 Å². The van der Waals surface area contributed by atoms with Gasteiger partial charge in [-0.15, -0.1) is 0 Å². The molecule has 0 spiro atoms. The van der Waals surface area contributed by atoms with E-state index in [0.717, 1.165) is 25.0 Å². The quantitative estimate of drug-likeness (QED) is 0.847. The molecule has 0 radical (unpaired) electrons. The molecule has 5 heteroatoms. The van der Waals surface area contributed by atoms with Crippen LogP contribution in [0.2, 0.25) is 0 Å². The third-order valence-electron chi connectivity index (χ3n) is 3.57. The molecule has 1 aromatic rings. The van der Waals surface area contributed by atoms with Crippen molar-refractivity contribution in [1.82, 2.24) is 0 Å². The Morgan fingerprint density at radius 2 is 2.24 bits per heavy atom. The Hall–Kier alpha value is -1.88. The van der Waals surface area contributed by atoms with E-state index >= 15 is 0 Å². The van der Waals surface area contributed by atoms with Crippen LogP contribution in [0.5, 0.6) is 0 Å². The number of amides is 1. The second kappa shape index (κ2) is 7.22. The van der Waals surface area contributed by atoms with E-state index in [0.29, 0.717) is 24.1 Å². The van der Waals surface area contributed by atoms with Gasteiger partial charge in [-0.25, -0.2) is 4.79 Å². The zero-order chi connectivity index (χ0) is 15.2. The average molecular weight is 291 g/mol. The maximum absolute atomic E-state index is 12.0. The molecule has 1 aromatic carbocycles. The largest absolute Gasteiger partial charge is 0.465 e. The normalized spacial score (nSPS) is 17.5. The number of benzene rings is 1. The van der Waals surface area contributed by atoms with Crippen LogP contribution >= 0.6 is 0 Å². The summed E-state index contributed by atoms with van der Waals surface area (Å²) in [4.78, 5) is 23.7. The van der Waals surface area contributed by atoms with Crippen molar-refractivity contribution in [2.75, 3.05) is 19.0 Å². The molecule has 21 heavy (non-hydrogen) atoms. The molecule has 2 rings (SSSR count). The summed E-state index contributed by atoms with van der Waals surface area (Å²) in [5.74, 6) is -0.562. The van der Waals surface area contributed by atoms with Gasteiger partial charge in [-0.2, -0.15) is 0 Å². The number of rotatable bonds is 5. The SMILES string of the molecule is COC(=O)c1cc(C)ccc1NC(=O)CCC1CCCO1. The Morgan fingerprint density at radius 1 is 1.43 bits per heavy atom. The number of anilines is 1. The van der Waals surface area contributed by atoms with Crippen molar-refractivity contribution >= 4 is 17.6 Å². The highest BCUT2D eigenvalue weighted by Crippen LogP contribution is 2.20. The van der Waals surface area contributed by atoms with E-state index in [4.69, 9.17) is 9.47 Å². The third-order valence-corrected chi connectivity index (χ3v) is 3.57. The fourth-order valence-electron chi connectivity index (χ4n) is 2.42. The summed E-state index contributed by atoms with van der Waals surface area (Å²) >= 11 is 0. The lowest BCUT2D eigenvalue weighted by atomic mass is 10.1. The number of nitrogens with one attached hydrogen (secondary N) is 1. The van der Waals surface area contributed by atoms with Gasteiger partial charge in [0.05, 0.1) is 24.5 Å². The number of methoxy groups -OCH3 is 1. The molecule has 114 valence electrons. The molecule has 1 saturated heterocycles. The maximum Gasteiger partial charge on any atom is 0.339 e. The predicted octanol–water partition coefficient (Wildman–Crippen LogP) is 2.68. The summed E-state index contributed by atoms with van der Waals surface area (Å²) in [6.07, 6.45) is 3.38. The smallest absolute Gasteiger partial charge is 0.339 e. The van der Waals surface area contributed by atoms with E-state index in [1.165, 1.54) is 7.11 Å². The number of aryl methyl sites for hydroxylation is 1. The van der Waals surface area contributed by atoms with Gasteiger partial charge in [-0.3, -0.25) is 4.79 Å². The lowest BCUT2D eigenvalue weighted by molar-refractivity contribution is -0.116. The van der Waals surface area contributed by atoms with Gasteiger partial charge < -0.3 is 14.8 Å². The fraction of sp³-hybridized carbons (Fsp3) is 0.500. The summed E-state index contributed by atoms with van der Waals surface area (Å²) in [5.41, 5.74) is 1.81. The van der Waals surface area contributed by atoms with Gasteiger partial charge in [0.1, 0.15) is 0 Å². The van der Waals surface area contributed by atoms with Crippen LogP contribution in [-0.4, -0.2) is 31.7 Å². The van der Waals surface area contributed by atoms with Crippen LogP contribution in [0.1, 0.15) is 41.6 Å². The molecule has 1 N–H and O–H groups in total. The van der Waals surface area contributed by atoms with Crippen molar-refractivity contribution in [3.8, 4) is 0 Å². The van der Waals surface area contributed by atoms with Crippen LogP contribution in [0.3, 0.4) is 0 Å². The van der Waals surface area contributed by atoms with E-state index in [1.807, 2.05) is 13.0 Å². The maximum atomic E-state index is 12.0. The number of carbonyl (C=O) groups excluding carboxylic acids is 2. The molecule has 1 atom stereocenters. The molecule has 5 nitrogen and oxygen atoms in total. The van der Waals surface area contributed by atoms with Gasteiger partial charge in [0.25, 0.3) is 0 Å². The summed E-state index contributed by atoms with van der Waals surface area (Å²) in [5, 5.41) is 2.78. The summed E-state index contributed by atoms with van der Waals surface area (Å²) in [6, 6.07) is 5.29. The van der Waals surface area contributed by atoms with Gasteiger partial charge in [0, 0.05) is 13.0 Å². The molecular formula is C16H21NO4. The van der Waals surface area contributed by atoms with E-state index in [-0.39, 0.29) is 12.0 Å². The first-order chi connectivity index (χ1) is 10.1. The topological polar surface area (TPSA) is 64.6 Å². The van der Waals surface area contributed by atoms with Crippen molar-refractivity contribution in [2.45, 2.75) is 38.7 Å². The Bertz CT molecular complexity index is 521. The fourth-order valence-corrected chi connectivity index (χ4v) is 2.42. The number of carbonyl (C=O) groups is 2. The van der Waals surface area contributed by atoms with Crippen LogP contribution < -0.4 is 5.32 Å². The summed E-state index contributed by atoms with van der Waals surface area (Å²) < 4.78 is 10.2. The first-order valence-corrected chi connectivity index (χ1v) is 7.20. The number of esters is 1. The Labute approximate surface area is 124 Å². The van der Waals surface area contributed by atoms with Crippen molar-refractivity contribution in [3.63, 3.8) is 0 Å². The van der Waals surface area contributed by atoms with Crippen LogP contribution in [0, 0.1) is 6.92 Å². The molecule has 1 unspecified atom stereocenters. The standard InChI is InChI=1S/C16H21NO4/c1-11-5-7-14(13(10-11)16(19)20-2)17-15(18)8-6-12-4-3-9-21-12/h5,7,10,12H,3-4,6,8-9H2,1-2H3,(H,17,18). The highest BCUT2D eigenvalue weighted by Gasteiger charge is 2.18.